The molecule has 0 atom stereocenters. The summed E-state index contributed by atoms with van der Waals surface area (Å²) in [6.45, 7) is -0.00551. The van der Waals surface area contributed by atoms with Crippen molar-refractivity contribution in [1.29, 1.82) is 0 Å². The highest BCUT2D eigenvalue weighted by Gasteiger charge is 2.24. The zero-order valence-electron chi connectivity index (χ0n) is 9.61. The molecule has 0 fully saturated rings. The fraction of sp³-hybridized carbons (Fsp3) is 0.0833. The molecule has 1 aromatic carbocycles. The van der Waals surface area contributed by atoms with E-state index in [2.05, 4.69) is 0 Å². The Labute approximate surface area is 107 Å². The van der Waals surface area contributed by atoms with Gasteiger partial charge >= 0.3 is 5.97 Å². The van der Waals surface area contributed by atoms with Crippen molar-refractivity contribution < 1.29 is 24.0 Å². The fourth-order valence-electron chi connectivity index (χ4n) is 1.55. The predicted molar refractivity (Wildman–Crippen MR) is 63.1 cm³/mol. The Bertz CT molecular complexity index is 605. The van der Waals surface area contributed by atoms with Crippen LogP contribution in [0.1, 0.15) is 16.1 Å². The molecule has 2 rings (SSSR count). The Balaban J connectivity index is 2.31. The molecule has 7 heteroatoms. The maximum absolute atomic E-state index is 11.1. The third-order valence-corrected chi connectivity index (χ3v) is 2.36. The minimum Gasteiger partial charge on any atom is -0.484 e. The first-order chi connectivity index (χ1) is 9.09. The summed E-state index contributed by atoms with van der Waals surface area (Å²) >= 11 is 0. The van der Waals surface area contributed by atoms with Gasteiger partial charge in [0.2, 0.25) is 0 Å². The van der Waals surface area contributed by atoms with Crippen LogP contribution in [0.5, 0.6) is 5.75 Å². The zero-order valence-corrected chi connectivity index (χ0v) is 9.61. The van der Waals surface area contributed by atoms with E-state index in [1.807, 2.05) is 0 Å². The van der Waals surface area contributed by atoms with Gasteiger partial charge in [0, 0.05) is 6.07 Å². The maximum atomic E-state index is 11.1. The van der Waals surface area contributed by atoms with Crippen molar-refractivity contribution in [1.82, 2.24) is 0 Å². The number of nitro benzene ring substituents is 1. The molecule has 0 aliphatic rings. The lowest BCUT2D eigenvalue weighted by molar-refractivity contribution is -0.385. The van der Waals surface area contributed by atoms with Crippen LogP contribution in [0, 0.1) is 10.1 Å². The lowest BCUT2D eigenvalue weighted by Gasteiger charge is -2.07. The SMILES string of the molecule is O=C(O)c1c(OCc2ccco2)cccc1[N+](=O)[O-]. The fourth-order valence-corrected chi connectivity index (χ4v) is 1.55. The number of rotatable bonds is 5. The van der Waals surface area contributed by atoms with Crippen LogP contribution in [0.2, 0.25) is 0 Å². The minimum atomic E-state index is -1.42. The molecular weight excluding hydrogens is 254 g/mol. The Morgan fingerprint density at radius 2 is 2.16 bits per heavy atom. The number of hydrogen-bond donors (Lipinski definition) is 1. The van der Waals surface area contributed by atoms with Crippen LogP contribution in [0.25, 0.3) is 0 Å². The monoisotopic (exact) mass is 263 g/mol. The molecule has 0 amide bonds. The highest BCUT2D eigenvalue weighted by molar-refractivity contribution is 5.95. The summed E-state index contributed by atoms with van der Waals surface area (Å²) in [5, 5.41) is 19.8. The second kappa shape index (κ2) is 5.21. The molecule has 1 aromatic heterocycles. The molecule has 1 heterocycles. The number of carbonyl (C=O) groups is 1. The lowest BCUT2D eigenvalue weighted by Crippen LogP contribution is -2.06. The van der Waals surface area contributed by atoms with Gasteiger partial charge in [0.1, 0.15) is 18.1 Å². The summed E-state index contributed by atoms with van der Waals surface area (Å²) in [6.07, 6.45) is 1.45. The molecule has 0 radical (unpaired) electrons. The second-order valence-electron chi connectivity index (χ2n) is 3.58. The summed E-state index contributed by atoms with van der Waals surface area (Å²) < 4.78 is 10.3. The van der Waals surface area contributed by atoms with Crippen LogP contribution in [0.4, 0.5) is 5.69 Å². The molecule has 0 aliphatic heterocycles. The molecule has 0 unspecified atom stereocenters. The highest BCUT2D eigenvalue weighted by atomic mass is 16.6. The van der Waals surface area contributed by atoms with Gasteiger partial charge in [-0.1, -0.05) is 6.07 Å². The van der Waals surface area contributed by atoms with Crippen molar-refractivity contribution in [2.24, 2.45) is 0 Å². The van der Waals surface area contributed by atoms with E-state index in [1.165, 1.54) is 18.4 Å². The van der Waals surface area contributed by atoms with Crippen molar-refractivity contribution in [3.05, 3.63) is 58.0 Å². The van der Waals surface area contributed by atoms with Crippen LogP contribution in [0.15, 0.2) is 41.0 Å². The van der Waals surface area contributed by atoms with Crippen molar-refractivity contribution >= 4 is 11.7 Å². The molecule has 0 saturated carbocycles. The van der Waals surface area contributed by atoms with Crippen molar-refractivity contribution in [2.45, 2.75) is 6.61 Å². The third kappa shape index (κ3) is 2.71. The van der Waals surface area contributed by atoms with Crippen LogP contribution >= 0.6 is 0 Å². The number of nitrogens with zero attached hydrogens (tertiary/aromatic N) is 1. The predicted octanol–water partition coefficient (Wildman–Crippen LogP) is 2.47. The summed E-state index contributed by atoms with van der Waals surface area (Å²) in [5.74, 6) is -0.998. The number of carboxylic acids is 1. The topological polar surface area (TPSA) is 103 Å². The van der Waals surface area contributed by atoms with Gasteiger partial charge in [0.25, 0.3) is 5.69 Å². The van der Waals surface area contributed by atoms with Crippen molar-refractivity contribution in [2.75, 3.05) is 0 Å². The first kappa shape index (κ1) is 12.6. The summed E-state index contributed by atoms with van der Waals surface area (Å²) in [5.41, 5.74) is -0.983. The van der Waals surface area contributed by atoms with Crippen molar-refractivity contribution in [3.8, 4) is 5.75 Å². The number of hydrogen-bond acceptors (Lipinski definition) is 5. The van der Waals surface area contributed by atoms with E-state index in [4.69, 9.17) is 14.3 Å². The average molecular weight is 263 g/mol. The van der Waals surface area contributed by atoms with Gasteiger partial charge in [0.05, 0.1) is 11.2 Å². The Morgan fingerprint density at radius 1 is 1.37 bits per heavy atom. The molecule has 7 nitrogen and oxygen atoms in total. The van der Waals surface area contributed by atoms with E-state index in [0.29, 0.717) is 5.76 Å². The van der Waals surface area contributed by atoms with Crippen LogP contribution in [0.3, 0.4) is 0 Å². The molecular formula is C12H9NO6. The van der Waals surface area contributed by atoms with Gasteiger partial charge in [0.15, 0.2) is 5.56 Å². The molecule has 98 valence electrons. The van der Waals surface area contributed by atoms with E-state index in [-0.39, 0.29) is 12.4 Å². The maximum Gasteiger partial charge on any atom is 0.346 e. The quantitative estimate of drug-likeness (QED) is 0.656. The number of benzene rings is 1. The number of aromatic carboxylic acids is 1. The smallest absolute Gasteiger partial charge is 0.346 e. The van der Waals surface area contributed by atoms with Gasteiger partial charge in [-0.3, -0.25) is 10.1 Å². The van der Waals surface area contributed by atoms with E-state index in [0.717, 1.165) is 6.07 Å². The second-order valence-corrected chi connectivity index (χ2v) is 3.58. The van der Waals surface area contributed by atoms with Gasteiger partial charge < -0.3 is 14.3 Å². The van der Waals surface area contributed by atoms with E-state index >= 15 is 0 Å². The molecule has 1 N–H and O–H groups in total. The van der Waals surface area contributed by atoms with Gasteiger partial charge in [-0.25, -0.2) is 4.79 Å². The normalized spacial score (nSPS) is 10.1. The first-order valence-corrected chi connectivity index (χ1v) is 5.25. The lowest BCUT2D eigenvalue weighted by atomic mass is 10.1. The Kier molecular flexibility index (Phi) is 3.46. The highest BCUT2D eigenvalue weighted by Crippen LogP contribution is 2.28. The summed E-state index contributed by atoms with van der Waals surface area (Å²) in [7, 11) is 0. The minimum absolute atomic E-state index is 0.00551. The largest absolute Gasteiger partial charge is 0.484 e. The van der Waals surface area contributed by atoms with E-state index in [1.54, 1.807) is 12.1 Å². The number of ether oxygens (including phenoxy) is 1. The van der Waals surface area contributed by atoms with Gasteiger partial charge in [-0.2, -0.15) is 0 Å². The zero-order chi connectivity index (χ0) is 13.8. The molecule has 0 aliphatic carbocycles. The molecule has 0 bridgehead atoms. The van der Waals surface area contributed by atoms with E-state index in [9.17, 15) is 14.9 Å². The Hall–Kier alpha value is -2.83. The molecule has 0 saturated heterocycles. The molecule has 0 spiro atoms. The third-order valence-electron chi connectivity index (χ3n) is 2.36. The number of nitro groups is 1. The summed E-state index contributed by atoms with van der Waals surface area (Å²) in [6, 6.07) is 7.15. The number of carboxylic acid groups (broad SMARTS) is 1. The Morgan fingerprint density at radius 3 is 2.74 bits per heavy atom. The van der Waals surface area contributed by atoms with Crippen molar-refractivity contribution in [3.63, 3.8) is 0 Å². The van der Waals surface area contributed by atoms with E-state index < -0.39 is 22.1 Å². The van der Waals surface area contributed by atoms with Gasteiger partial charge in [-0.15, -0.1) is 0 Å². The average Bonchev–Trinajstić information content (AvgIpc) is 2.88. The van der Waals surface area contributed by atoms with Crippen LogP contribution in [-0.4, -0.2) is 16.0 Å². The summed E-state index contributed by atoms with van der Waals surface area (Å²) in [4.78, 5) is 21.1. The first-order valence-electron chi connectivity index (χ1n) is 5.25. The standard InChI is InChI=1S/C12H9NO6/c14-12(15)11-9(13(16)17)4-1-5-10(11)19-7-8-3-2-6-18-8/h1-6H,7H2,(H,14,15). The van der Waals surface area contributed by atoms with Crippen LogP contribution < -0.4 is 4.74 Å². The van der Waals surface area contributed by atoms with Crippen LogP contribution in [-0.2, 0) is 6.61 Å². The molecule has 2 aromatic rings. The van der Waals surface area contributed by atoms with Gasteiger partial charge in [-0.05, 0) is 18.2 Å². The number of furan rings is 1. The molecule has 19 heavy (non-hydrogen) atoms.